The monoisotopic (exact) mass is 450 g/mol. The van der Waals surface area contributed by atoms with E-state index in [1.54, 1.807) is 18.6 Å². The number of urea groups is 1. The number of nitrogens with one attached hydrogen (secondary N) is 2. The predicted octanol–water partition coefficient (Wildman–Crippen LogP) is 3.37. The second kappa shape index (κ2) is 9.35. The van der Waals surface area contributed by atoms with Gasteiger partial charge in [0.1, 0.15) is 6.10 Å². The van der Waals surface area contributed by atoms with E-state index in [0.29, 0.717) is 17.2 Å². The Morgan fingerprint density at radius 1 is 1.12 bits per heavy atom. The third-order valence-electron chi connectivity index (χ3n) is 4.72. The lowest BCUT2D eigenvalue weighted by atomic mass is 10.0. The lowest BCUT2D eigenvalue weighted by Crippen LogP contribution is -2.28. The predicted molar refractivity (Wildman–Crippen MR) is 123 cm³/mol. The standard InChI is InChI=1S/C22H22N6O3S/c1-3-23-21(31)28-22-27-17-9-13(14-10-25-20(26-11-14)18(30)12(2)29)8-15(19(17)32-22)16-6-4-5-7-24-16/h4-12,18,29-30H,3H2,1-2H3,(H2,23,27,28,31). The molecule has 0 fully saturated rings. The topological polar surface area (TPSA) is 133 Å². The average Bonchev–Trinajstić information content (AvgIpc) is 3.20. The molecule has 0 saturated carbocycles. The van der Waals surface area contributed by atoms with Gasteiger partial charge in [0.2, 0.25) is 0 Å². The minimum absolute atomic E-state index is 0.150. The number of thiazole rings is 1. The summed E-state index contributed by atoms with van der Waals surface area (Å²) in [6.45, 7) is 3.83. The first-order chi connectivity index (χ1) is 15.5. The van der Waals surface area contributed by atoms with E-state index in [0.717, 1.165) is 27.1 Å². The Morgan fingerprint density at radius 2 is 1.91 bits per heavy atom. The van der Waals surface area contributed by atoms with Gasteiger partial charge in [-0.1, -0.05) is 17.4 Å². The zero-order valence-corrected chi connectivity index (χ0v) is 18.3. The molecule has 0 aliphatic rings. The molecule has 4 N–H and O–H groups in total. The van der Waals surface area contributed by atoms with Crippen LogP contribution in [-0.4, -0.2) is 48.8 Å². The van der Waals surface area contributed by atoms with E-state index in [1.807, 2.05) is 37.3 Å². The van der Waals surface area contributed by atoms with Crippen molar-refractivity contribution in [3.63, 3.8) is 0 Å². The molecule has 0 spiro atoms. The number of aliphatic hydroxyl groups is 2. The van der Waals surface area contributed by atoms with Crippen molar-refractivity contribution in [2.75, 3.05) is 11.9 Å². The summed E-state index contributed by atoms with van der Waals surface area (Å²) in [5.74, 6) is 0.150. The fourth-order valence-electron chi connectivity index (χ4n) is 3.12. The molecule has 4 aromatic rings. The van der Waals surface area contributed by atoms with Crippen molar-refractivity contribution in [3.05, 3.63) is 54.7 Å². The maximum Gasteiger partial charge on any atom is 0.321 e. The number of aliphatic hydroxyl groups excluding tert-OH is 2. The number of nitrogens with zero attached hydrogens (tertiary/aromatic N) is 4. The molecule has 32 heavy (non-hydrogen) atoms. The average molecular weight is 451 g/mol. The van der Waals surface area contributed by atoms with E-state index in [2.05, 4.69) is 30.6 Å². The summed E-state index contributed by atoms with van der Waals surface area (Å²) in [6, 6.07) is 9.22. The molecule has 0 aliphatic carbocycles. The number of anilines is 1. The zero-order chi connectivity index (χ0) is 22.7. The summed E-state index contributed by atoms with van der Waals surface area (Å²) in [5, 5.41) is 25.5. The van der Waals surface area contributed by atoms with Crippen LogP contribution in [0.3, 0.4) is 0 Å². The van der Waals surface area contributed by atoms with Crippen molar-refractivity contribution < 1.29 is 15.0 Å². The van der Waals surface area contributed by atoms with E-state index in [-0.39, 0.29) is 11.9 Å². The smallest absolute Gasteiger partial charge is 0.321 e. The molecule has 0 saturated heterocycles. The van der Waals surface area contributed by atoms with Gasteiger partial charge in [-0.25, -0.2) is 19.7 Å². The minimum atomic E-state index is -1.16. The molecule has 10 heteroatoms. The Labute approximate surface area is 188 Å². The van der Waals surface area contributed by atoms with Crippen LogP contribution in [0, 0.1) is 0 Å². The quantitative estimate of drug-likeness (QED) is 0.354. The Kier molecular flexibility index (Phi) is 6.35. The molecule has 1 aromatic carbocycles. The lowest BCUT2D eigenvalue weighted by Gasteiger charge is -2.12. The number of fused-ring (bicyclic) bond motifs is 1. The Bertz CT molecular complexity index is 1230. The van der Waals surface area contributed by atoms with Gasteiger partial charge in [0.25, 0.3) is 0 Å². The first-order valence-electron chi connectivity index (χ1n) is 10.1. The van der Waals surface area contributed by atoms with E-state index in [1.165, 1.54) is 18.3 Å². The van der Waals surface area contributed by atoms with E-state index in [4.69, 9.17) is 0 Å². The van der Waals surface area contributed by atoms with Gasteiger partial charge < -0.3 is 15.5 Å². The number of rotatable bonds is 6. The Balaban J connectivity index is 1.79. The van der Waals surface area contributed by atoms with Crippen LogP contribution in [0.4, 0.5) is 9.93 Å². The molecule has 3 aromatic heterocycles. The number of hydrogen-bond acceptors (Lipinski definition) is 8. The number of benzene rings is 1. The molecular formula is C22H22N6O3S. The van der Waals surface area contributed by atoms with Crippen LogP contribution in [0.2, 0.25) is 0 Å². The molecule has 4 rings (SSSR count). The van der Waals surface area contributed by atoms with Gasteiger partial charge in [-0.3, -0.25) is 10.3 Å². The number of pyridine rings is 1. The van der Waals surface area contributed by atoms with Crippen LogP contribution < -0.4 is 10.6 Å². The SMILES string of the molecule is CCNC(=O)Nc1nc2cc(-c3cnc(C(O)C(C)O)nc3)cc(-c3ccccn3)c2s1. The van der Waals surface area contributed by atoms with Crippen LogP contribution in [0.15, 0.2) is 48.9 Å². The molecule has 0 aliphatic heterocycles. The maximum atomic E-state index is 11.9. The molecule has 3 heterocycles. The summed E-state index contributed by atoms with van der Waals surface area (Å²) in [7, 11) is 0. The van der Waals surface area contributed by atoms with E-state index in [9.17, 15) is 15.0 Å². The third-order valence-corrected chi connectivity index (χ3v) is 5.74. The van der Waals surface area contributed by atoms with Crippen LogP contribution in [-0.2, 0) is 0 Å². The molecule has 2 amide bonds. The number of carbonyl (C=O) groups is 1. The summed E-state index contributed by atoms with van der Waals surface area (Å²) >= 11 is 1.37. The van der Waals surface area contributed by atoms with Gasteiger partial charge in [0, 0.05) is 36.3 Å². The molecule has 0 radical (unpaired) electrons. The first kappa shape index (κ1) is 21.8. The molecular weight excluding hydrogens is 428 g/mol. The molecule has 9 nitrogen and oxygen atoms in total. The number of hydrogen-bond donors (Lipinski definition) is 4. The zero-order valence-electron chi connectivity index (χ0n) is 17.5. The Hall–Kier alpha value is -3.47. The first-order valence-corrected chi connectivity index (χ1v) is 10.9. The molecule has 2 atom stereocenters. The van der Waals surface area contributed by atoms with Crippen LogP contribution in [0.25, 0.3) is 32.6 Å². The third kappa shape index (κ3) is 4.57. The molecule has 164 valence electrons. The van der Waals surface area contributed by atoms with Crippen molar-refractivity contribution in [2.24, 2.45) is 0 Å². The summed E-state index contributed by atoms with van der Waals surface area (Å²) in [5.41, 5.74) is 3.87. The van der Waals surface area contributed by atoms with Crippen LogP contribution in [0.1, 0.15) is 25.8 Å². The second-order valence-electron chi connectivity index (χ2n) is 7.11. The van der Waals surface area contributed by atoms with Crippen molar-refractivity contribution in [1.82, 2.24) is 25.3 Å². The highest BCUT2D eigenvalue weighted by atomic mass is 32.1. The second-order valence-corrected chi connectivity index (χ2v) is 8.10. The summed E-state index contributed by atoms with van der Waals surface area (Å²) in [6.07, 6.45) is 2.78. The highest BCUT2D eigenvalue weighted by Gasteiger charge is 2.18. The van der Waals surface area contributed by atoms with Crippen molar-refractivity contribution >= 4 is 32.7 Å². The summed E-state index contributed by atoms with van der Waals surface area (Å²) in [4.78, 5) is 29.4. The highest BCUT2D eigenvalue weighted by molar-refractivity contribution is 7.22. The Morgan fingerprint density at radius 3 is 2.56 bits per heavy atom. The molecule has 0 bridgehead atoms. The van der Waals surface area contributed by atoms with E-state index >= 15 is 0 Å². The number of amides is 2. The fourth-order valence-corrected chi connectivity index (χ4v) is 4.09. The van der Waals surface area contributed by atoms with Gasteiger partial charge in [-0.2, -0.15) is 0 Å². The normalized spacial score (nSPS) is 13.0. The lowest BCUT2D eigenvalue weighted by molar-refractivity contribution is 0.0249. The van der Waals surface area contributed by atoms with Gasteiger partial charge in [0.05, 0.1) is 22.0 Å². The number of carbonyl (C=O) groups excluding carboxylic acids is 1. The van der Waals surface area contributed by atoms with E-state index < -0.39 is 12.2 Å². The minimum Gasteiger partial charge on any atom is -0.390 e. The van der Waals surface area contributed by atoms with Crippen molar-refractivity contribution in [1.29, 1.82) is 0 Å². The fraction of sp³-hybridized carbons (Fsp3) is 0.227. The maximum absolute atomic E-state index is 11.9. The van der Waals surface area contributed by atoms with Crippen LogP contribution in [0.5, 0.6) is 0 Å². The van der Waals surface area contributed by atoms with Gasteiger partial charge in [-0.05, 0) is 43.7 Å². The molecule has 2 unspecified atom stereocenters. The van der Waals surface area contributed by atoms with Crippen molar-refractivity contribution in [2.45, 2.75) is 26.1 Å². The summed E-state index contributed by atoms with van der Waals surface area (Å²) < 4.78 is 0.890. The largest absolute Gasteiger partial charge is 0.390 e. The van der Waals surface area contributed by atoms with Gasteiger partial charge in [0.15, 0.2) is 11.0 Å². The van der Waals surface area contributed by atoms with Gasteiger partial charge >= 0.3 is 6.03 Å². The van der Waals surface area contributed by atoms with Crippen molar-refractivity contribution in [3.8, 4) is 22.4 Å². The van der Waals surface area contributed by atoms with Crippen LogP contribution >= 0.6 is 11.3 Å². The highest BCUT2D eigenvalue weighted by Crippen LogP contribution is 2.38. The number of aromatic nitrogens is 4. The van der Waals surface area contributed by atoms with Gasteiger partial charge in [-0.15, -0.1) is 0 Å².